The Labute approximate surface area is 103 Å². The van der Waals surface area contributed by atoms with Crippen LogP contribution >= 0.6 is 0 Å². The number of rotatable bonds is 3. The van der Waals surface area contributed by atoms with Gasteiger partial charge in [0, 0.05) is 19.4 Å². The molecule has 0 radical (unpaired) electrons. The summed E-state index contributed by atoms with van der Waals surface area (Å²) in [6.07, 6.45) is 4.01. The van der Waals surface area contributed by atoms with Gasteiger partial charge in [0.15, 0.2) is 5.82 Å². The maximum absolute atomic E-state index is 13.3. The third-order valence-electron chi connectivity index (χ3n) is 2.31. The molecular formula is C12H11FN4O. The van der Waals surface area contributed by atoms with Crippen molar-refractivity contribution in [2.24, 2.45) is 0 Å². The summed E-state index contributed by atoms with van der Waals surface area (Å²) < 4.78 is 13.3. The minimum atomic E-state index is -0.583. The van der Waals surface area contributed by atoms with Gasteiger partial charge in [-0.3, -0.25) is 9.78 Å². The van der Waals surface area contributed by atoms with E-state index in [1.54, 1.807) is 25.4 Å². The van der Waals surface area contributed by atoms with E-state index in [0.29, 0.717) is 11.4 Å². The van der Waals surface area contributed by atoms with Crippen LogP contribution in [0.1, 0.15) is 10.4 Å². The highest BCUT2D eigenvalue weighted by molar-refractivity contribution is 6.07. The molecule has 1 amide bonds. The van der Waals surface area contributed by atoms with E-state index in [-0.39, 0.29) is 5.69 Å². The van der Waals surface area contributed by atoms with Crippen LogP contribution < -0.4 is 10.6 Å². The molecule has 2 heterocycles. The number of hydrogen-bond acceptors (Lipinski definition) is 4. The van der Waals surface area contributed by atoms with Crippen LogP contribution in [-0.2, 0) is 0 Å². The lowest BCUT2D eigenvalue weighted by atomic mass is 10.2. The molecule has 5 nitrogen and oxygen atoms in total. The number of nitrogens with zero attached hydrogens (tertiary/aromatic N) is 2. The van der Waals surface area contributed by atoms with Gasteiger partial charge >= 0.3 is 0 Å². The number of pyridine rings is 2. The van der Waals surface area contributed by atoms with E-state index in [9.17, 15) is 9.18 Å². The topological polar surface area (TPSA) is 66.9 Å². The second-order valence-electron chi connectivity index (χ2n) is 3.46. The molecule has 0 aliphatic heterocycles. The van der Waals surface area contributed by atoms with Gasteiger partial charge < -0.3 is 10.6 Å². The number of amides is 1. The number of anilines is 2. The average Bonchev–Trinajstić information content (AvgIpc) is 2.41. The number of nitrogens with one attached hydrogen (secondary N) is 2. The van der Waals surface area contributed by atoms with Crippen molar-refractivity contribution in [2.45, 2.75) is 0 Å². The van der Waals surface area contributed by atoms with Crippen molar-refractivity contribution in [2.75, 3.05) is 17.7 Å². The Hall–Kier alpha value is -2.50. The highest BCUT2D eigenvalue weighted by atomic mass is 19.1. The predicted octanol–water partition coefficient (Wildman–Crippen LogP) is 1.91. The molecule has 18 heavy (non-hydrogen) atoms. The van der Waals surface area contributed by atoms with Crippen LogP contribution in [0.15, 0.2) is 36.8 Å². The summed E-state index contributed by atoms with van der Waals surface area (Å²) in [6, 6.07) is 4.63. The predicted molar refractivity (Wildman–Crippen MR) is 65.9 cm³/mol. The van der Waals surface area contributed by atoms with E-state index in [1.807, 2.05) is 0 Å². The minimum absolute atomic E-state index is 0.0842. The largest absolute Gasteiger partial charge is 0.372 e. The second-order valence-corrected chi connectivity index (χ2v) is 3.46. The van der Waals surface area contributed by atoms with E-state index in [0.717, 1.165) is 6.20 Å². The van der Waals surface area contributed by atoms with E-state index < -0.39 is 11.7 Å². The summed E-state index contributed by atoms with van der Waals surface area (Å²) in [5, 5.41) is 5.27. The molecule has 92 valence electrons. The van der Waals surface area contributed by atoms with Crippen LogP contribution in [0.25, 0.3) is 0 Å². The van der Waals surface area contributed by atoms with Gasteiger partial charge in [0.25, 0.3) is 5.91 Å². The van der Waals surface area contributed by atoms with Gasteiger partial charge in [-0.1, -0.05) is 0 Å². The normalized spacial score (nSPS) is 9.89. The molecule has 2 rings (SSSR count). The molecular weight excluding hydrogens is 235 g/mol. The molecule has 0 spiro atoms. The van der Waals surface area contributed by atoms with E-state index in [2.05, 4.69) is 20.6 Å². The Morgan fingerprint density at radius 1 is 1.33 bits per heavy atom. The summed E-state index contributed by atoms with van der Waals surface area (Å²) in [5.74, 6) is -0.581. The van der Waals surface area contributed by atoms with Crippen molar-refractivity contribution in [1.29, 1.82) is 0 Å². The third kappa shape index (κ3) is 2.42. The Balaban J connectivity index is 2.25. The summed E-state index contributed by atoms with van der Waals surface area (Å²) in [7, 11) is 1.66. The molecule has 0 saturated carbocycles. The van der Waals surface area contributed by atoms with Crippen molar-refractivity contribution >= 4 is 17.4 Å². The molecule has 2 aromatic rings. The van der Waals surface area contributed by atoms with Crippen LogP contribution in [0.2, 0.25) is 0 Å². The Morgan fingerprint density at radius 3 is 2.89 bits per heavy atom. The first-order valence-electron chi connectivity index (χ1n) is 5.26. The third-order valence-corrected chi connectivity index (χ3v) is 2.31. The Kier molecular flexibility index (Phi) is 3.47. The van der Waals surface area contributed by atoms with Crippen LogP contribution in [-0.4, -0.2) is 22.9 Å². The Morgan fingerprint density at radius 2 is 2.17 bits per heavy atom. The average molecular weight is 246 g/mol. The summed E-state index contributed by atoms with van der Waals surface area (Å²) in [4.78, 5) is 19.6. The van der Waals surface area contributed by atoms with Gasteiger partial charge in [-0.2, -0.15) is 0 Å². The number of halogens is 1. The molecule has 2 N–H and O–H groups in total. The Bertz CT molecular complexity index is 574. The highest BCUT2D eigenvalue weighted by Crippen LogP contribution is 2.16. The molecule has 0 aliphatic carbocycles. The van der Waals surface area contributed by atoms with Gasteiger partial charge in [0.05, 0.1) is 17.4 Å². The standard InChI is InChI=1S/C12H11FN4O/c1-14-11-8(3-2-5-16-11)12(18)17-10-4-6-15-7-9(10)13/h2-7H,1H3,(H,14,16)(H,15,17,18). The maximum Gasteiger partial charge on any atom is 0.259 e. The van der Waals surface area contributed by atoms with E-state index in [1.165, 1.54) is 12.3 Å². The van der Waals surface area contributed by atoms with Crippen LogP contribution in [0.4, 0.5) is 15.9 Å². The zero-order chi connectivity index (χ0) is 13.0. The zero-order valence-electron chi connectivity index (χ0n) is 9.64. The highest BCUT2D eigenvalue weighted by Gasteiger charge is 2.13. The van der Waals surface area contributed by atoms with E-state index in [4.69, 9.17) is 0 Å². The van der Waals surface area contributed by atoms with Crippen molar-refractivity contribution in [3.8, 4) is 0 Å². The molecule has 0 aromatic carbocycles. The van der Waals surface area contributed by atoms with Gasteiger partial charge in [-0.15, -0.1) is 0 Å². The molecule has 0 aliphatic rings. The van der Waals surface area contributed by atoms with Crippen LogP contribution in [0.5, 0.6) is 0 Å². The fourth-order valence-corrected chi connectivity index (χ4v) is 1.45. The first-order chi connectivity index (χ1) is 8.72. The molecule has 0 fully saturated rings. The summed E-state index contributed by atoms with van der Waals surface area (Å²) in [6.45, 7) is 0. The number of aromatic nitrogens is 2. The molecule has 0 atom stereocenters. The van der Waals surface area contributed by atoms with Crippen molar-refractivity contribution in [3.05, 3.63) is 48.2 Å². The number of hydrogen-bond donors (Lipinski definition) is 2. The minimum Gasteiger partial charge on any atom is -0.372 e. The van der Waals surface area contributed by atoms with E-state index >= 15 is 0 Å². The quantitative estimate of drug-likeness (QED) is 0.868. The SMILES string of the molecule is CNc1ncccc1C(=O)Nc1ccncc1F. The molecule has 2 aromatic heterocycles. The fraction of sp³-hybridized carbons (Fsp3) is 0.0833. The fourth-order valence-electron chi connectivity index (χ4n) is 1.45. The zero-order valence-corrected chi connectivity index (χ0v) is 9.64. The van der Waals surface area contributed by atoms with Crippen LogP contribution in [0, 0.1) is 5.82 Å². The molecule has 0 bridgehead atoms. The van der Waals surface area contributed by atoms with Crippen molar-refractivity contribution in [3.63, 3.8) is 0 Å². The molecule has 6 heteroatoms. The first-order valence-corrected chi connectivity index (χ1v) is 5.26. The van der Waals surface area contributed by atoms with Crippen molar-refractivity contribution in [1.82, 2.24) is 9.97 Å². The maximum atomic E-state index is 13.3. The summed E-state index contributed by atoms with van der Waals surface area (Å²) in [5.41, 5.74) is 0.428. The lowest BCUT2D eigenvalue weighted by molar-refractivity contribution is 0.102. The van der Waals surface area contributed by atoms with Gasteiger partial charge in [0.1, 0.15) is 5.82 Å². The van der Waals surface area contributed by atoms with Gasteiger partial charge in [-0.05, 0) is 18.2 Å². The lowest BCUT2D eigenvalue weighted by Crippen LogP contribution is -2.15. The lowest BCUT2D eigenvalue weighted by Gasteiger charge is -2.08. The summed E-state index contributed by atoms with van der Waals surface area (Å²) >= 11 is 0. The molecule has 0 saturated heterocycles. The first kappa shape index (κ1) is 12.0. The monoisotopic (exact) mass is 246 g/mol. The van der Waals surface area contributed by atoms with Crippen LogP contribution in [0.3, 0.4) is 0 Å². The second kappa shape index (κ2) is 5.22. The van der Waals surface area contributed by atoms with Gasteiger partial charge in [-0.25, -0.2) is 9.37 Å². The number of carbonyl (C=O) groups excluding carboxylic acids is 1. The van der Waals surface area contributed by atoms with Gasteiger partial charge in [0.2, 0.25) is 0 Å². The molecule has 0 unspecified atom stereocenters. The smallest absolute Gasteiger partial charge is 0.259 e. The number of carbonyl (C=O) groups is 1. The van der Waals surface area contributed by atoms with Crippen molar-refractivity contribution < 1.29 is 9.18 Å².